The van der Waals surface area contributed by atoms with Crippen LogP contribution in [-0.2, 0) is 43.2 Å². The molecule has 5 aliphatic rings. The van der Waals surface area contributed by atoms with Crippen LogP contribution in [0.15, 0.2) is 42.6 Å². The van der Waals surface area contributed by atoms with Crippen LogP contribution in [0.1, 0.15) is 108 Å². The van der Waals surface area contributed by atoms with Crippen LogP contribution in [-0.4, -0.2) is 144 Å². The van der Waals surface area contributed by atoms with Gasteiger partial charge in [0.15, 0.2) is 12.4 Å². The van der Waals surface area contributed by atoms with Crippen molar-refractivity contribution in [3.63, 3.8) is 0 Å². The Kier molecular flexibility index (Phi) is 17.5. The fraction of sp³-hybridized carbons (Fsp3) is 0.604. The SMILES string of the molecule is O=C(O)C(F)(F)F.O=C1COc2c(CCNCCN(C(=O)CCOCCc3cccc(CN4CCC5(CC4)CN(C(=O)c4cnc(C6CCC6)s4)CCO5)c3)C3CCCCC3)ccc(O)c2N1. The number of phenolic OH excluding ortho intramolecular Hbond substituents is 1. The number of rotatable bonds is 17. The molecule has 2 aliphatic carbocycles. The summed E-state index contributed by atoms with van der Waals surface area (Å²) in [5.41, 5.74) is 3.50. The van der Waals surface area contributed by atoms with Gasteiger partial charge in [0.2, 0.25) is 5.91 Å². The van der Waals surface area contributed by atoms with Gasteiger partial charge in [0, 0.05) is 51.2 Å². The third kappa shape index (κ3) is 13.9. The normalized spacial score (nSPS) is 18.8. The predicted octanol–water partition coefficient (Wildman–Crippen LogP) is 6.53. The van der Waals surface area contributed by atoms with E-state index >= 15 is 0 Å². The highest BCUT2D eigenvalue weighted by molar-refractivity contribution is 7.13. The number of halogens is 3. The second-order valence-electron chi connectivity index (χ2n) is 18.1. The lowest BCUT2D eigenvalue weighted by Crippen LogP contribution is -2.57. The first-order valence-corrected chi connectivity index (χ1v) is 24.4. The van der Waals surface area contributed by atoms with Crippen LogP contribution in [0.2, 0.25) is 0 Å². The number of carboxylic acids is 1. The second-order valence-corrected chi connectivity index (χ2v) is 19.2. The monoisotopic (exact) mass is 956 g/mol. The molecule has 4 heterocycles. The van der Waals surface area contributed by atoms with Gasteiger partial charge in [0.25, 0.3) is 11.8 Å². The van der Waals surface area contributed by atoms with Gasteiger partial charge in [0.05, 0.1) is 49.6 Å². The number of aromatic nitrogens is 1. The van der Waals surface area contributed by atoms with Crippen molar-refractivity contribution in [3.05, 3.63) is 69.2 Å². The summed E-state index contributed by atoms with van der Waals surface area (Å²) in [5.74, 6) is -1.71. The third-order valence-corrected chi connectivity index (χ3v) is 14.5. The molecular weight excluding hydrogens is 894 g/mol. The molecule has 2 saturated carbocycles. The van der Waals surface area contributed by atoms with Crippen molar-refractivity contribution >= 4 is 40.7 Å². The Labute approximate surface area is 393 Å². The molecule has 2 saturated heterocycles. The number of piperidine rings is 1. The Morgan fingerprint density at radius 2 is 1.75 bits per heavy atom. The Morgan fingerprint density at radius 1 is 0.985 bits per heavy atom. The molecule has 1 aromatic heterocycles. The number of phenols is 1. The second kappa shape index (κ2) is 23.5. The standard InChI is InChI=1S/C46H62N6O7S.C2HF3O2/c53-38-13-12-35(43-42(38)49-40(54)31-58-43)14-19-47-20-23-52(37-10-2-1-3-11-37)41(55)16-26-57-25-15-33-6-4-7-34(28-33)30-50-21-17-46(18-22-50)32-51(24-27-59-46)45(56)39-29-48-44(60-39)36-8-5-9-36;3-2(4,5)1(6)7/h4,6-7,12-13,28-29,36-37,47,53H,1-3,5,8-11,14-27,30-32H2,(H,49,54);(H,6,7). The summed E-state index contributed by atoms with van der Waals surface area (Å²) >= 11 is 1.59. The van der Waals surface area contributed by atoms with E-state index in [9.17, 15) is 32.7 Å². The van der Waals surface area contributed by atoms with E-state index < -0.39 is 12.1 Å². The number of morpholine rings is 1. The van der Waals surface area contributed by atoms with E-state index in [1.807, 2.05) is 11.0 Å². The molecule has 3 aromatic rings. The number of aliphatic carboxylic acids is 1. The van der Waals surface area contributed by atoms with Gasteiger partial charge in [-0.05, 0) is 80.7 Å². The number of amides is 3. The van der Waals surface area contributed by atoms with Gasteiger partial charge >= 0.3 is 12.1 Å². The minimum Gasteiger partial charge on any atom is -0.506 e. The summed E-state index contributed by atoms with van der Waals surface area (Å²) in [6, 6.07) is 12.4. The van der Waals surface area contributed by atoms with Crippen LogP contribution < -0.4 is 15.4 Å². The maximum atomic E-state index is 13.6. The highest BCUT2D eigenvalue weighted by Gasteiger charge is 2.42. The number of carboxylic acid groups (broad SMARTS) is 1. The van der Waals surface area contributed by atoms with E-state index in [-0.39, 0.29) is 41.7 Å². The van der Waals surface area contributed by atoms with Gasteiger partial charge < -0.3 is 44.9 Å². The predicted molar refractivity (Wildman–Crippen MR) is 244 cm³/mol. The molecule has 0 atom stereocenters. The lowest BCUT2D eigenvalue weighted by molar-refractivity contribution is -0.192. The summed E-state index contributed by atoms with van der Waals surface area (Å²) in [5, 5.41) is 24.6. The molecule has 4 N–H and O–H groups in total. The number of benzene rings is 2. The van der Waals surface area contributed by atoms with Crippen molar-refractivity contribution in [3.8, 4) is 11.5 Å². The van der Waals surface area contributed by atoms with Gasteiger partial charge in [0.1, 0.15) is 16.3 Å². The first-order valence-electron chi connectivity index (χ1n) is 23.6. The summed E-state index contributed by atoms with van der Waals surface area (Å²) in [6.07, 6.45) is 9.65. The number of anilines is 1. The maximum Gasteiger partial charge on any atom is 0.490 e. The van der Waals surface area contributed by atoms with E-state index in [0.717, 1.165) is 80.0 Å². The number of ether oxygens (including phenoxy) is 3. The van der Waals surface area contributed by atoms with E-state index in [4.69, 9.17) is 24.1 Å². The lowest BCUT2D eigenvalue weighted by Gasteiger charge is -2.47. The molecule has 3 aliphatic heterocycles. The van der Waals surface area contributed by atoms with Crippen molar-refractivity contribution in [1.82, 2.24) is 25.0 Å². The van der Waals surface area contributed by atoms with Gasteiger partial charge in [-0.2, -0.15) is 13.2 Å². The first-order chi connectivity index (χ1) is 32.3. The number of carbonyl (C=O) groups is 4. The number of fused-ring (bicyclic) bond motifs is 1. The Morgan fingerprint density at radius 3 is 2.48 bits per heavy atom. The summed E-state index contributed by atoms with van der Waals surface area (Å²) in [6.45, 7) is 7.53. The molecule has 1 spiro atoms. The van der Waals surface area contributed by atoms with Crippen molar-refractivity contribution in [2.75, 3.05) is 77.6 Å². The number of nitrogens with one attached hydrogen (secondary N) is 2. The van der Waals surface area contributed by atoms with Crippen molar-refractivity contribution in [2.45, 2.75) is 114 Å². The van der Waals surface area contributed by atoms with Crippen molar-refractivity contribution in [1.29, 1.82) is 0 Å². The summed E-state index contributed by atoms with van der Waals surface area (Å²) < 4.78 is 49.8. The molecule has 0 radical (unpaired) electrons. The largest absolute Gasteiger partial charge is 0.506 e. The molecule has 8 rings (SSSR count). The van der Waals surface area contributed by atoms with E-state index in [2.05, 4.69) is 49.7 Å². The Balaban J connectivity index is 0.000000883. The van der Waals surface area contributed by atoms with Crippen LogP contribution in [0, 0.1) is 0 Å². The molecule has 0 bridgehead atoms. The Bertz CT molecular complexity index is 2160. The minimum atomic E-state index is -5.08. The van der Waals surface area contributed by atoms with Crippen LogP contribution in [0.25, 0.3) is 0 Å². The van der Waals surface area contributed by atoms with Gasteiger partial charge in [-0.15, -0.1) is 11.3 Å². The molecular formula is C48H63F3N6O9S. The minimum absolute atomic E-state index is 0.00307. The molecule has 19 heteroatoms. The van der Waals surface area contributed by atoms with Crippen LogP contribution in [0.5, 0.6) is 11.5 Å². The number of hydrogen-bond acceptors (Lipinski definition) is 12. The number of thiazole rings is 1. The zero-order chi connectivity index (χ0) is 47.4. The fourth-order valence-electron chi connectivity index (χ4n) is 9.42. The average molecular weight is 957 g/mol. The van der Waals surface area contributed by atoms with Gasteiger partial charge in [-0.25, -0.2) is 9.78 Å². The van der Waals surface area contributed by atoms with Gasteiger partial charge in [-0.1, -0.05) is 56.0 Å². The number of alkyl halides is 3. The topological polar surface area (TPSA) is 183 Å². The fourth-order valence-corrected chi connectivity index (χ4v) is 10.5. The number of hydrogen-bond donors (Lipinski definition) is 4. The average Bonchev–Trinajstić information content (AvgIpc) is 3.78. The van der Waals surface area contributed by atoms with Crippen LogP contribution >= 0.6 is 11.3 Å². The lowest BCUT2D eigenvalue weighted by atomic mass is 9.86. The quantitative estimate of drug-likeness (QED) is 0.0850. The third-order valence-electron chi connectivity index (χ3n) is 13.4. The molecule has 67 heavy (non-hydrogen) atoms. The van der Waals surface area contributed by atoms with Crippen molar-refractivity contribution in [2.24, 2.45) is 0 Å². The zero-order valence-corrected chi connectivity index (χ0v) is 38.8. The van der Waals surface area contributed by atoms with Crippen LogP contribution in [0.4, 0.5) is 18.9 Å². The number of aromatic hydroxyl groups is 1. The highest BCUT2D eigenvalue weighted by atomic mass is 32.1. The van der Waals surface area contributed by atoms with E-state index in [1.54, 1.807) is 23.6 Å². The highest BCUT2D eigenvalue weighted by Crippen LogP contribution is 2.40. The number of nitrogens with zero attached hydrogens (tertiary/aromatic N) is 4. The van der Waals surface area contributed by atoms with Gasteiger partial charge in [-0.3, -0.25) is 19.3 Å². The van der Waals surface area contributed by atoms with Crippen molar-refractivity contribution < 1.29 is 56.8 Å². The molecule has 4 fully saturated rings. The molecule has 366 valence electrons. The summed E-state index contributed by atoms with van der Waals surface area (Å²) in [4.78, 5) is 59.6. The summed E-state index contributed by atoms with van der Waals surface area (Å²) in [7, 11) is 0. The zero-order valence-electron chi connectivity index (χ0n) is 38.0. The number of carbonyl (C=O) groups excluding carboxylic acids is 3. The molecule has 3 amide bonds. The Hall–Kier alpha value is -4.82. The molecule has 0 unspecified atom stereocenters. The number of likely N-dealkylation sites (tertiary alicyclic amines) is 1. The first kappa shape index (κ1) is 50.1. The van der Waals surface area contributed by atoms with Crippen LogP contribution in [0.3, 0.4) is 0 Å². The smallest absolute Gasteiger partial charge is 0.490 e. The maximum absolute atomic E-state index is 13.6. The molecule has 2 aromatic carbocycles. The molecule has 15 nitrogen and oxygen atoms in total. The van der Waals surface area contributed by atoms with E-state index in [1.165, 1.54) is 36.8 Å². The van der Waals surface area contributed by atoms with E-state index in [0.29, 0.717) is 82.7 Å².